The number of nitrogens with zero attached hydrogens (tertiary/aromatic N) is 1. The molecule has 0 aromatic heterocycles. The number of benzene rings is 1. The van der Waals surface area contributed by atoms with E-state index in [9.17, 15) is 13.2 Å². The molecule has 0 radical (unpaired) electrons. The number of nitrogens with one attached hydrogen (secondary N) is 2. The van der Waals surface area contributed by atoms with Gasteiger partial charge in [-0.25, -0.2) is 12.7 Å². The largest absolute Gasteiger partial charge is 0.325 e. The standard InChI is InChI=1S/C20H29N3O3S/c1-23(2)27(25,26)18-5-3-4-17(9-18)22-19(24)13-21-20-10-14-6-15(11-20)8-16(7-14)12-20/h3-5,9,14-16,21H,6-8,10-13H2,1-2H3,(H,22,24). The molecule has 0 aliphatic heterocycles. The second-order valence-electron chi connectivity index (χ2n) is 8.91. The number of hydrogen-bond acceptors (Lipinski definition) is 4. The van der Waals surface area contributed by atoms with Crippen LogP contribution in [0.3, 0.4) is 0 Å². The molecule has 7 heteroatoms. The van der Waals surface area contributed by atoms with Gasteiger partial charge in [0, 0.05) is 25.3 Å². The van der Waals surface area contributed by atoms with Crippen LogP contribution in [0.1, 0.15) is 38.5 Å². The van der Waals surface area contributed by atoms with Gasteiger partial charge in [0.05, 0.1) is 11.4 Å². The predicted molar refractivity (Wildman–Crippen MR) is 105 cm³/mol. The van der Waals surface area contributed by atoms with Crippen LogP contribution in [0.4, 0.5) is 5.69 Å². The van der Waals surface area contributed by atoms with Gasteiger partial charge in [0.25, 0.3) is 0 Å². The van der Waals surface area contributed by atoms with Gasteiger partial charge >= 0.3 is 0 Å². The Morgan fingerprint density at radius 3 is 2.26 bits per heavy atom. The van der Waals surface area contributed by atoms with Crippen molar-refractivity contribution in [3.05, 3.63) is 24.3 Å². The molecule has 0 atom stereocenters. The van der Waals surface area contributed by atoms with Gasteiger partial charge in [-0.15, -0.1) is 0 Å². The lowest BCUT2D eigenvalue weighted by molar-refractivity contribution is -0.116. The molecule has 0 heterocycles. The van der Waals surface area contributed by atoms with Crippen LogP contribution in [0.25, 0.3) is 0 Å². The summed E-state index contributed by atoms with van der Waals surface area (Å²) in [6.07, 6.45) is 7.72. The van der Waals surface area contributed by atoms with Crippen molar-refractivity contribution in [3.63, 3.8) is 0 Å². The van der Waals surface area contributed by atoms with Crippen LogP contribution >= 0.6 is 0 Å². The Balaban J connectivity index is 1.38. The third-order valence-corrected chi connectivity index (χ3v) is 8.37. The highest BCUT2D eigenvalue weighted by Gasteiger charge is 2.50. The average molecular weight is 392 g/mol. The molecule has 6 nitrogen and oxygen atoms in total. The summed E-state index contributed by atoms with van der Waals surface area (Å²) in [7, 11) is -0.520. The van der Waals surface area contributed by atoms with E-state index in [4.69, 9.17) is 0 Å². The smallest absolute Gasteiger partial charge is 0.242 e. The van der Waals surface area contributed by atoms with E-state index in [2.05, 4.69) is 10.6 Å². The van der Waals surface area contributed by atoms with Gasteiger partial charge in [-0.3, -0.25) is 4.79 Å². The molecule has 148 valence electrons. The zero-order chi connectivity index (χ0) is 19.2. The van der Waals surface area contributed by atoms with E-state index in [0.29, 0.717) is 5.69 Å². The topological polar surface area (TPSA) is 78.5 Å². The van der Waals surface area contributed by atoms with Crippen LogP contribution < -0.4 is 10.6 Å². The lowest BCUT2D eigenvalue weighted by Crippen LogP contribution is -2.59. The van der Waals surface area contributed by atoms with Crippen molar-refractivity contribution in [2.45, 2.75) is 49.0 Å². The van der Waals surface area contributed by atoms with Crippen molar-refractivity contribution < 1.29 is 13.2 Å². The van der Waals surface area contributed by atoms with Gasteiger partial charge in [-0.1, -0.05) is 6.07 Å². The first-order chi connectivity index (χ1) is 12.8. The molecular formula is C20H29N3O3S. The van der Waals surface area contributed by atoms with Crippen molar-refractivity contribution >= 4 is 21.6 Å². The van der Waals surface area contributed by atoms with Crippen LogP contribution in [0.5, 0.6) is 0 Å². The molecule has 0 unspecified atom stereocenters. The van der Waals surface area contributed by atoms with Gasteiger partial charge in [-0.2, -0.15) is 0 Å². The summed E-state index contributed by atoms with van der Waals surface area (Å²) in [5, 5.41) is 6.41. The molecule has 4 aliphatic rings. The lowest BCUT2D eigenvalue weighted by atomic mass is 9.53. The van der Waals surface area contributed by atoms with Crippen LogP contribution in [0.2, 0.25) is 0 Å². The maximum Gasteiger partial charge on any atom is 0.242 e. The summed E-state index contributed by atoms with van der Waals surface area (Å²) >= 11 is 0. The molecular weight excluding hydrogens is 362 g/mol. The molecule has 4 fully saturated rings. The first-order valence-electron chi connectivity index (χ1n) is 9.83. The zero-order valence-corrected chi connectivity index (χ0v) is 16.9. The highest BCUT2D eigenvalue weighted by atomic mass is 32.2. The van der Waals surface area contributed by atoms with Gasteiger partial charge in [-0.05, 0) is 74.5 Å². The normalized spacial score (nSPS) is 32.0. The summed E-state index contributed by atoms with van der Waals surface area (Å²) in [6, 6.07) is 6.42. The van der Waals surface area contributed by atoms with E-state index >= 15 is 0 Å². The van der Waals surface area contributed by atoms with E-state index in [0.717, 1.165) is 17.8 Å². The minimum absolute atomic E-state index is 0.120. The van der Waals surface area contributed by atoms with Crippen LogP contribution in [-0.4, -0.2) is 44.8 Å². The Hall–Kier alpha value is -1.44. The van der Waals surface area contributed by atoms with E-state index in [-0.39, 0.29) is 22.9 Å². The van der Waals surface area contributed by atoms with Gasteiger partial charge in [0.15, 0.2) is 0 Å². The Kier molecular flexibility index (Phi) is 4.81. The highest BCUT2D eigenvalue weighted by molar-refractivity contribution is 7.89. The Morgan fingerprint density at radius 1 is 1.11 bits per heavy atom. The minimum Gasteiger partial charge on any atom is -0.325 e. The number of rotatable bonds is 6. The van der Waals surface area contributed by atoms with Crippen molar-refractivity contribution in [1.29, 1.82) is 0 Å². The zero-order valence-electron chi connectivity index (χ0n) is 16.1. The number of carbonyl (C=O) groups is 1. The molecule has 4 aliphatic carbocycles. The number of sulfonamides is 1. The predicted octanol–water partition coefficient (Wildman–Crippen LogP) is 2.43. The van der Waals surface area contributed by atoms with Crippen LogP contribution in [0.15, 0.2) is 29.2 Å². The van der Waals surface area contributed by atoms with Gasteiger partial charge in [0.2, 0.25) is 15.9 Å². The van der Waals surface area contributed by atoms with Crippen LogP contribution in [-0.2, 0) is 14.8 Å². The third kappa shape index (κ3) is 3.77. The Labute approximate surface area is 161 Å². The minimum atomic E-state index is -3.51. The molecule has 5 rings (SSSR count). The van der Waals surface area contributed by atoms with Crippen molar-refractivity contribution in [2.24, 2.45) is 17.8 Å². The molecule has 1 aromatic carbocycles. The van der Waals surface area contributed by atoms with E-state index in [1.807, 2.05) is 0 Å². The monoisotopic (exact) mass is 391 g/mol. The van der Waals surface area contributed by atoms with Crippen molar-refractivity contribution in [1.82, 2.24) is 9.62 Å². The molecule has 1 amide bonds. The van der Waals surface area contributed by atoms with E-state index in [1.165, 1.54) is 63.0 Å². The second kappa shape index (κ2) is 6.87. The molecule has 0 saturated heterocycles. The summed E-state index contributed by atoms with van der Waals surface area (Å²) < 4.78 is 25.7. The van der Waals surface area contributed by atoms with E-state index in [1.54, 1.807) is 18.2 Å². The van der Waals surface area contributed by atoms with Gasteiger partial charge in [0.1, 0.15) is 0 Å². The fourth-order valence-electron chi connectivity index (χ4n) is 5.75. The summed E-state index contributed by atoms with van der Waals surface area (Å²) in [5.41, 5.74) is 0.651. The third-order valence-electron chi connectivity index (χ3n) is 6.56. The molecule has 4 bridgehead atoms. The van der Waals surface area contributed by atoms with E-state index < -0.39 is 10.0 Å². The summed E-state index contributed by atoms with van der Waals surface area (Å²) in [4.78, 5) is 12.6. The number of anilines is 1. The summed E-state index contributed by atoms with van der Waals surface area (Å²) in [5.74, 6) is 2.38. The maximum atomic E-state index is 12.5. The number of hydrogen-bond donors (Lipinski definition) is 2. The quantitative estimate of drug-likeness (QED) is 0.781. The fraction of sp³-hybridized carbons (Fsp3) is 0.650. The Bertz CT molecular complexity index is 799. The maximum absolute atomic E-state index is 12.5. The first-order valence-corrected chi connectivity index (χ1v) is 11.3. The van der Waals surface area contributed by atoms with Crippen molar-refractivity contribution in [2.75, 3.05) is 26.0 Å². The molecule has 0 spiro atoms. The molecule has 1 aromatic rings. The Morgan fingerprint density at radius 2 is 1.70 bits per heavy atom. The molecule has 2 N–H and O–H groups in total. The summed E-state index contributed by atoms with van der Waals surface area (Å²) in [6.45, 7) is 0.275. The van der Waals surface area contributed by atoms with Crippen LogP contribution in [0, 0.1) is 17.8 Å². The average Bonchev–Trinajstić information content (AvgIpc) is 2.59. The highest BCUT2D eigenvalue weighted by Crippen LogP contribution is 2.55. The number of amides is 1. The molecule has 27 heavy (non-hydrogen) atoms. The fourth-order valence-corrected chi connectivity index (χ4v) is 6.69. The van der Waals surface area contributed by atoms with Crippen molar-refractivity contribution in [3.8, 4) is 0 Å². The van der Waals surface area contributed by atoms with Gasteiger partial charge < -0.3 is 10.6 Å². The molecule has 4 saturated carbocycles. The second-order valence-corrected chi connectivity index (χ2v) is 11.1. The lowest BCUT2D eigenvalue weighted by Gasteiger charge is -2.57. The first kappa shape index (κ1) is 18.9. The number of carbonyl (C=O) groups excluding carboxylic acids is 1. The SMILES string of the molecule is CN(C)S(=O)(=O)c1cccc(NC(=O)CNC23CC4CC(CC(C4)C2)C3)c1.